The standard InChI is InChI=1S/C19H15FN4O4S/c1-10(12-6-7-16(20)14-5-3-2-4-13(12)14)24-29(27,28)11-8-15-17(21-9-11)22-19(26)23-18(15)25/h2-10,24H,1H3,(H2,21,22,23,25,26). The van der Waals surface area contributed by atoms with E-state index in [1.54, 1.807) is 31.2 Å². The molecule has 0 fully saturated rings. The summed E-state index contributed by atoms with van der Waals surface area (Å²) in [4.78, 5) is 31.2. The second-order valence-corrected chi connectivity index (χ2v) is 8.21. The van der Waals surface area contributed by atoms with Crippen molar-refractivity contribution in [1.82, 2.24) is 19.7 Å². The number of hydrogen-bond donors (Lipinski definition) is 3. The van der Waals surface area contributed by atoms with Gasteiger partial charge in [0.25, 0.3) is 5.56 Å². The number of rotatable bonds is 4. The molecule has 2 heterocycles. The molecule has 29 heavy (non-hydrogen) atoms. The minimum absolute atomic E-state index is 0.0183. The van der Waals surface area contributed by atoms with E-state index >= 15 is 0 Å². The molecular weight excluding hydrogens is 399 g/mol. The number of pyridine rings is 1. The van der Waals surface area contributed by atoms with Crippen LogP contribution in [0.3, 0.4) is 0 Å². The maximum Gasteiger partial charge on any atom is 0.327 e. The van der Waals surface area contributed by atoms with Crippen molar-refractivity contribution in [2.45, 2.75) is 17.9 Å². The molecule has 0 aliphatic rings. The molecule has 3 N–H and O–H groups in total. The lowest BCUT2D eigenvalue weighted by Crippen LogP contribution is -2.28. The van der Waals surface area contributed by atoms with Crippen LogP contribution >= 0.6 is 0 Å². The third-order valence-corrected chi connectivity index (χ3v) is 6.09. The van der Waals surface area contributed by atoms with E-state index in [0.29, 0.717) is 16.3 Å². The number of nitrogens with one attached hydrogen (secondary N) is 3. The van der Waals surface area contributed by atoms with Crippen LogP contribution in [0.15, 0.2) is 63.1 Å². The Morgan fingerprint density at radius 3 is 2.52 bits per heavy atom. The van der Waals surface area contributed by atoms with E-state index in [9.17, 15) is 22.4 Å². The molecule has 4 rings (SSSR count). The van der Waals surface area contributed by atoms with Crippen LogP contribution in [0.5, 0.6) is 0 Å². The monoisotopic (exact) mass is 414 g/mol. The summed E-state index contributed by atoms with van der Waals surface area (Å²) in [7, 11) is -4.06. The molecule has 0 aliphatic heterocycles. The summed E-state index contributed by atoms with van der Waals surface area (Å²) in [5, 5.41) is 0.916. The zero-order chi connectivity index (χ0) is 20.8. The lowest BCUT2D eigenvalue weighted by molar-refractivity contribution is 0.567. The van der Waals surface area contributed by atoms with Crippen LogP contribution in [0.25, 0.3) is 21.8 Å². The molecule has 0 saturated carbocycles. The smallest absolute Gasteiger partial charge is 0.291 e. The highest BCUT2D eigenvalue weighted by atomic mass is 32.2. The van der Waals surface area contributed by atoms with Gasteiger partial charge >= 0.3 is 5.69 Å². The molecule has 1 unspecified atom stereocenters. The van der Waals surface area contributed by atoms with Crippen molar-refractivity contribution in [2.75, 3.05) is 0 Å². The fourth-order valence-corrected chi connectivity index (χ4v) is 4.39. The van der Waals surface area contributed by atoms with Crippen molar-refractivity contribution in [2.24, 2.45) is 0 Å². The molecule has 1 atom stereocenters. The number of aromatic nitrogens is 3. The first-order valence-electron chi connectivity index (χ1n) is 8.58. The number of halogens is 1. The van der Waals surface area contributed by atoms with Crippen LogP contribution in [0.2, 0.25) is 0 Å². The molecule has 0 radical (unpaired) electrons. The average Bonchev–Trinajstić information content (AvgIpc) is 2.67. The van der Waals surface area contributed by atoms with E-state index in [1.807, 2.05) is 4.98 Å². The van der Waals surface area contributed by atoms with Crippen molar-refractivity contribution >= 4 is 31.8 Å². The Labute approximate surface area is 163 Å². The Morgan fingerprint density at radius 1 is 1.03 bits per heavy atom. The van der Waals surface area contributed by atoms with Gasteiger partial charge in [-0.15, -0.1) is 0 Å². The van der Waals surface area contributed by atoms with Crippen LogP contribution < -0.4 is 16.0 Å². The summed E-state index contributed by atoms with van der Waals surface area (Å²) >= 11 is 0. The van der Waals surface area contributed by atoms with Crippen LogP contribution in [0.4, 0.5) is 4.39 Å². The van der Waals surface area contributed by atoms with Gasteiger partial charge in [-0.2, -0.15) is 0 Å². The van der Waals surface area contributed by atoms with Gasteiger partial charge in [0.2, 0.25) is 10.0 Å². The largest absolute Gasteiger partial charge is 0.327 e. The summed E-state index contributed by atoms with van der Waals surface area (Å²) in [5.41, 5.74) is -0.900. The van der Waals surface area contributed by atoms with Gasteiger partial charge in [-0.1, -0.05) is 30.3 Å². The highest BCUT2D eigenvalue weighted by Crippen LogP contribution is 2.27. The number of H-pyrrole nitrogens is 2. The van der Waals surface area contributed by atoms with Gasteiger partial charge in [0.15, 0.2) is 0 Å². The normalized spacial score (nSPS) is 13.0. The Hall–Kier alpha value is -3.37. The lowest BCUT2D eigenvalue weighted by Gasteiger charge is -2.17. The lowest BCUT2D eigenvalue weighted by atomic mass is 10.00. The minimum Gasteiger partial charge on any atom is -0.291 e. The second-order valence-electron chi connectivity index (χ2n) is 6.50. The predicted octanol–water partition coefficient (Wildman–Crippen LogP) is 1.94. The molecule has 4 aromatic rings. The zero-order valence-electron chi connectivity index (χ0n) is 15.1. The van der Waals surface area contributed by atoms with Crippen LogP contribution in [-0.4, -0.2) is 23.4 Å². The van der Waals surface area contributed by atoms with Crippen molar-refractivity contribution in [3.05, 3.63) is 80.9 Å². The number of benzene rings is 2. The molecule has 0 amide bonds. The van der Waals surface area contributed by atoms with Crippen LogP contribution in [0.1, 0.15) is 18.5 Å². The number of fused-ring (bicyclic) bond motifs is 2. The third-order valence-electron chi connectivity index (χ3n) is 4.58. The fourth-order valence-electron chi connectivity index (χ4n) is 3.20. The van der Waals surface area contributed by atoms with E-state index in [4.69, 9.17) is 0 Å². The second kappa shape index (κ2) is 6.90. The zero-order valence-corrected chi connectivity index (χ0v) is 15.9. The van der Waals surface area contributed by atoms with E-state index in [-0.39, 0.29) is 15.9 Å². The first-order valence-corrected chi connectivity index (χ1v) is 10.1. The van der Waals surface area contributed by atoms with Crippen molar-refractivity contribution < 1.29 is 12.8 Å². The van der Waals surface area contributed by atoms with Crippen LogP contribution in [0, 0.1) is 5.82 Å². The summed E-state index contributed by atoms with van der Waals surface area (Å²) in [6.45, 7) is 1.63. The fraction of sp³-hybridized carbons (Fsp3) is 0.105. The maximum absolute atomic E-state index is 14.0. The molecule has 0 spiro atoms. The SMILES string of the molecule is CC(NS(=O)(=O)c1cnc2[nH]c(=O)[nH]c(=O)c2c1)c1ccc(F)c2ccccc12. The van der Waals surface area contributed by atoms with E-state index in [1.165, 1.54) is 12.1 Å². The molecule has 0 saturated heterocycles. The van der Waals surface area contributed by atoms with E-state index in [0.717, 1.165) is 12.3 Å². The average molecular weight is 414 g/mol. The minimum atomic E-state index is -4.06. The molecule has 0 bridgehead atoms. The van der Waals surface area contributed by atoms with Gasteiger partial charge in [0, 0.05) is 17.6 Å². The number of hydrogen-bond acceptors (Lipinski definition) is 5. The van der Waals surface area contributed by atoms with Gasteiger partial charge in [-0.25, -0.2) is 27.3 Å². The van der Waals surface area contributed by atoms with Gasteiger partial charge < -0.3 is 0 Å². The molecule has 10 heteroatoms. The Balaban J connectivity index is 1.74. The first kappa shape index (κ1) is 19.0. The third kappa shape index (κ3) is 3.43. The number of sulfonamides is 1. The molecular formula is C19H15FN4O4S. The quantitative estimate of drug-likeness (QED) is 0.471. The summed E-state index contributed by atoms with van der Waals surface area (Å²) < 4.78 is 42.2. The Bertz CT molecular complexity index is 1480. The Morgan fingerprint density at radius 2 is 1.76 bits per heavy atom. The Kier molecular flexibility index (Phi) is 4.52. The summed E-state index contributed by atoms with van der Waals surface area (Å²) in [6.07, 6.45) is 1.05. The highest BCUT2D eigenvalue weighted by Gasteiger charge is 2.21. The maximum atomic E-state index is 14.0. The number of nitrogens with zero attached hydrogens (tertiary/aromatic N) is 1. The molecule has 2 aromatic heterocycles. The van der Waals surface area contributed by atoms with E-state index < -0.39 is 33.1 Å². The van der Waals surface area contributed by atoms with Crippen molar-refractivity contribution in [1.29, 1.82) is 0 Å². The van der Waals surface area contributed by atoms with Gasteiger partial charge in [0.05, 0.1) is 5.39 Å². The van der Waals surface area contributed by atoms with E-state index in [2.05, 4.69) is 14.7 Å². The van der Waals surface area contributed by atoms with Crippen LogP contribution in [-0.2, 0) is 10.0 Å². The molecule has 2 aromatic carbocycles. The highest BCUT2D eigenvalue weighted by molar-refractivity contribution is 7.89. The predicted molar refractivity (Wildman–Crippen MR) is 106 cm³/mol. The van der Waals surface area contributed by atoms with Gasteiger partial charge in [0.1, 0.15) is 16.4 Å². The molecule has 8 nitrogen and oxygen atoms in total. The molecule has 0 aliphatic carbocycles. The van der Waals surface area contributed by atoms with Gasteiger partial charge in [-0.3, -0.25) is 14.8 Å². The first-order chi connectivity index (χ1) is 13.8. The topological polar surface area (TPSA) is 125 Å². The van der Waals surface area contributed by atoms with Crippen molar-refractivity contribution in [3.8, 4) is 0 Å². The summed E-state index contributed by atoms with van der Waals surface area (Å²) in [5.74, 6) is -0.397. The molecule has 148 valence electrons. The van der Waals surface area contributed by atoms with Crippen molar-refractivity contribution in [3.63, 3.8) is 0 Å². The van der Waals surface area contributed by atoms with Gasteiger partial charge in [-0.05, 0) is 30.0 Å². The summed E-state index contributed by atoms with van der Waals surface area (Å²) in [6, 6.07) is 10.0. The number of aromatic amines is 2.